The number of para-hydroxylation sites is 2. The average Bonchev–Trinajstić information content (AvgIpc) is 2.99. The Hall–Kier alpha value is -2.29. The second kappa shape index (κ2) is 7.12. The van der Waals surface area contributed by atoms with Gasteiger partial charge in [-0.1, -0.05) is 38.3 Å². The molecule has 3 nitrogen and oxygen atoms in total. The standard InChI is InChI=1S/C19H22N2O/c1-2-3-4-7-14-22-16-12-10-15(11-13-16)19-20-17-8-5-6-9-18(17)21-19/h5-6,8-13H,2-4,7,14H2,1H3,(H,20,21). The lowest BCUT2D eigenvalue weighted by molar-refractivity contribution is 0.305. The highest BCUT2D eigenvalue weighted by atomic mass is 16.5. The molecule has 0 radical (unpaired) electrons. The van der Waals surface area contributed by atoms with Crippen LogP contribution < -0.4 is 4.74 Å². The molecule has 1 N–H and O–H groups in total. The van der Waals surface area contributed by atoms with Gasteiger partial charge in [-0.2, -0.15) is 0 Å². The first-order chi connectivity index (χ1) is 10.9. The molecule has 114 valence electrons. The predicted molar refractivity (Wildman–Crippen MR) is 91.2 cm³/mol. The molecule has 0 saturated carbocycles. The largest absolute Gasteiger partial charge is 0.494 e. The molecule has 0 amide bonds. The number of hydrogen-bond acceptors (Lipinski definition) is 2. The van der Waals surface area contributed by atoms with Crippen LogP contribution in [-0.4, -0.2) is 16.6 Å². The number of imidazole rings is 1. The number of aromatic amines is 1. The maximum absolute atomic E-state index is 5.77. The highest BCUT2D eigenvalue weighted by Crippen LogP contribution is 2.22. The fraction of sp³-hybridized carbons (Fsp3) is 0.316. The number of rotatable bonds is 7. The molecule has 3 rings (SSSR count). The number of aromatic nitrogens is 2. The second-order valence-corrected chi connectivity index (χ2v) is 5.54. The predicted octanol–water partition coefficient (Wildman–Crippen LogP) is 5.19. The molecule has 1 aromatic heterocycles. The van der Waals surface area contributed by atoms with Crippen LogP contribution in [0.25, 0.3) is 22.4 Å². The number of nitrogens with one attached hydrogen (secondary N) is 1. The molecule has 1 heterocycles. The summed E-state index contributed by atoms with van der Waals surface area (Å²) in [4.78, 5) is 7.96. The Balaban J connectivity index is 1.63. The molecule has 2 aromatic carbocycles. The number of fused-ring (bicyclic) bond motifs is 1. The Bertz CT molecular complexity index is 683. The Labute approximate surface area is 131 Å². The Morgan fingerprint density at radius 3 is 2.55 bits per heavy atom. The number of ether oxygens (including phenoxy) is 1. The number of nitrogens with zero attached hydrogens (tertiary/aromatic N) is 1. The van der Waals surface area contributed by atoms with Gasteiger partial charge in [-0.3, -0.25) is 0 Å². The van der Waals surface area contributed by atoms with Gasteiger partial charge < -0.3 is 9.72 Å². The second-order valence-electron chi connectivity index (χ2n) is 5.54. The lowest BCUT2D eigenvalue weighted by atomic mass is 10.2. The van der Waals surface area contributed by atoms with Gasteiger partial charge in [0.05, 0.1) is 17.6 Å². The van der Waals surface area contributed by atoms with Crippen LogP contribution in [0.4, 0.5) is 0 Å². The van der Waals surface area contributed by atoms with Gasteiger partial charge in [-0.15, -0.1) is 0 Å². The molecule has 3 aromatic rings. The van der Waals surface area contributed by atoms with Crippen molar-refractivity contribution in [1.82, 2.24) is 9.97 Å². The van der Waals surface area contributed by atoms with Gasteiger partial charge >= 0.3 is 0 Å². The average molecular weight is 294 g/mol. The smallest absolute Gasteiger partial charge is 0.138 e. The maximum Gasteiger partial charge on any atom is 0.138 e. The van der Waals surface area contributed by atoms with E-state index in [2.05, 4.69) is 29.0 Å². The van der Waals surface area contributed by atoms with Crippen molar-refractivity contribution in [2.24, 2.45) is 0 Å². The molecule has 0 aliphatic heterocycles. The normalized spacial score (nSPS) is 11.0. The third-order valence-electron chi connectivity index (χ3n) is 3.78. The van der Waals surface area contributed by atoms with Crippen LogP contribution in [0, 0.1) is 0 Å². The topological polar surface area (TPSA) is 37.9 Å². The minimum Gasteiger partial charge on any atom is -0.494 e. The van der Waals surface area contributed by atoms with E-state index in [-0.39, 0.29) is 0 Å². The van der Waals surface area contributed by atoms with E-state index in [4.69, 9.17) is 4.74 Å². The van der Waals surface area contributed by atoms with Crippen molar-refractivity contribution in [3.8, 4) is 17.1 Å². The van der Waals surface area contributed by atoms with Crippen LogP contribution in [0.1, 0.15) is 32.6 Å². The Kier molecular flexibility index (Phi) is 4.74. The van der Waals surface area contributed by atoms with Crippen LogP contribution in [0.5, 0.6) is 5.75 Å². The van der Waals surface area contributed by atoms with E-state index in [1.165, 1.54) is 19.3 Å². The van der Waals surface area contributed by atoms with Crippen LogP contribution >= 0.6 is 0 Å². The summed E-state index contributed by atoms with van der Waals surface area (Å²) in [5, 5.41) is 0. The minimum absolute atomic E-state index is 0.796. The summed E-state index contributed by atoms with van der Waals surface area (Å²) in [6, 6.07) is 16.2. The summed E-state index contributed by atoms with van der Waals surface area (Å²) in [7, 11) is 0. The van der Waals surface area contributed by atoms with Crippen molar-refractivity contribution in [3.63, 3.8) is 0 Å². The first kappa shape index (κ1) is 14.6. The summed E-state index contributed by atoms with van der Waals surface area (Å²) in [5.74, 6) is 1.83. The van der Waals surface area contributed by atoms with E-state index in [0.29, 0.717) is 0 Å². The molecule has 0 saturated heterocycles. The molecule has 22 heavy (non-hydrogen) atoms. The van der Waals surface area contributed by atoms with E-state index in [0.717, 1.165) is 41.2 Å². The fourth-order valence-corrected chi connectivity index (χ4v) is 2.52. The molecule has 0 aliphatic rings. The van der Waals surface area contributed by atoms with E-state index >= 15 is 0 Å². The molecule has 0 aliphatic carbocycles. The van der Waals surface area contributed by atoms with Gasteiger partial charge in [0.1, 0.15) is 11.6 Å². The monoisotopic (exact) mass is 294 g/mol. The van der Waals surface area contributed by atoms with Gasteiger partial charge in [-0.25, -0.2) is 4.98 Å². The number of unbranched alkanes of at least 4 members (excludes halogenated alkanes) is 3. The lowest BCUT2D eigenvalue weighted by Gasteiger charge is -2.06. The summed E-state index contributed by atoms with van der Waals surface area (Å²) in [6.45, 7) is 3.02. The highest BCUT2D eigenvalue weighted by molar-refractivity contribution is 5.79. The van der Waals surface area contributed by atoms with Crippen molar-refractivity contribution in [2.45, 2.75) is 32.6 Å². The quantitative estimate of drug-likeness (QED) is 0.609. The first-order valence-electron chi connectivity index (χ1n) is 8.05. The van der Waals surface area contributed by atoms with Crippen LogP contribution in [-0.2, 0) is 0 Å². The molecule has 0 bridgehead atoms. The molecular formula is C19H22N2O. The summed E-state index contributed by atoms with van der Waals surface area (Å²) >= 11 is 0. The van der Waals surface area contributed by atoms with Gasteiger partial charge in [0.25, 0.3) is 0 Å². The minimum atomic E-state index is 0.796. The zero-order chi connectivity index (χ0) is 15.2. The summed E-state index contributed by atoms with van der Waals surface area (Å²) < 4.78 is 5.77. The molecule has 0 unspecified atom stereocenters. The van der Waals surface area contributed by atoms with Crippen LogP contribution in [0.2, 0.25) is 0 Å². The molecule has 0 fully saturated rings. The summed E-state index contributed by atoms with van der Waals surface area (Å²) in [6.07, 6.45) is 4.91. The van der Waals surface area contributed by atoms with Gasteiger partial charge in [-0.05, 0) is 42.8 Å². The zero-order valence-electron chi connectivity index (χ0n) is 13.0. The van der Waals surface area contributed by atoms with Crippen molar-refractivity contribution in [2.75, 3.05) is 6.61 Å². The molecule has 0 atom stereocenters. The maximum atomic E-state index is 5.77. The Morgan fingerprint density at radius 1 is 0.955 bits per heavy atom. The fourth-order valence-electron chi connectivity index (χ4n) is 2.52. The van der Waals surface area contributed by atoms with Gasteiger partial charge in [0.2, 0.25) is 0 Å². The lowest BCUT2D eigenvalue weighted by Crippen LogP contribution is -1.97. The van der Waals surface area contributed by atoms with E-state index in [1.807, 2.05) is 36.4 Å². The van der Waals surface area contributed by atoms with Crippen LogP contribution in [0.15, 0.2) is 48.5 Å². The van der Waals surface area contributed by atoms with Crippen molar-refractivity contribution < 1.29 is 4.74 Å². The van der Waals surface area contributed by atoms with E-state index in [9.17, 15) is 0 Å². The summed E-state index contributed by atoms with van der Waals surface area (Å²) in [5.41, 5.74) is 3.14. The van der Waals surface area contributed by atoms with Crippen molar-refractivity contribution in [1.29, 1.82) is 0 Å². The van der Waals surface area contributed by atoms with Gasteiger partial charge in [0, 0.05) is 5.56 Å². The van der Waals surface area contributed by atoms with Crippen LogP contribution in [0.3, 0.4) is 0 Å². The van der Waals surface area contributed by atoms with Crippen molar-refractivity contribution >= 4 is 11.0 Å². The SMILES string of the molecule is CCCCCCOc1ccc(-c2nc3ccccc3[nH]2)cc1. The number of H-pyrrole nitrogens is 1. The zero-order valence-corrected chi connectivity index (χ0v) is 13.0. The molecule has 0 spiro atoms. The third-order valence-corrected chi connectivity index (χ3v) is 3.78. The van der Waals surface area contributed by atoms with E-state index in [1.54, 1.807) is 0 Å². The third kappa shape index (κ3) is 3.48. The Morgan fingerprint density at radius 2 is 1.77 bits per heavy atom. The molecule has 3 heteroatoms. The number of benzene rings is 2. The van der Waals surface area contributed by atoms with Crippen molar-refractivity contribution in [3.05, 3.63) is 48.5 Å². The van der Waals surface area contributed by atoms with Gasteiger partial charge in [0.15, 0.2) is 0 Å². The first-order valence-corrected chi connectivity index (χ1v) is 8.05. The molecular weight excluding hydrogens is 272 g/mol. The highest BCUT2D eigenvalue weighted by Gasteiger charge is 2.04. The van der Waals surface area contributed by atoms with E-state index < -0.39 is 0 Å². The number of hydrogen-bond donors (Lipinski definition) is 1.